The average Bonchev–Trinajstić information content (AvgIpc) is 3.50. The molecule has 1 aliphatic heterocycles. The number of ketones is 1. The average molecular weight is 440 g/mol. The first-order chi connectivity index (χ1) is 16.1. The molecule has 1 atom stereocenters. The van der Waals surface area contributed by atoms with Gasteiger partial charge in [-0.15, -0.1) is 0 Å². The maximum Gasteiger partial charge on any atom is 0.410 e. The molecule has 0 unspecified atom stereocenters. The van der Waals surface area contributed by atoms with Gasteiger partial charge in [-0.3, -0.25) is 9.69 Å². The van der Waals surface area contributed by atoms with Gasteiger partial charge in [0.05, 0.1) is 17.1 Å². The SMILES string of the molecule is CC(=O)c1ccc(-c2ccc3nc([C@H]4CCCN4C(=O)OCc4ccccc4)[nH]c3c2)cc1. The second-order valence-electron chi connectivity index (χ2n) is 8.38. The highest BCUT2D eigenvalue weighted by Crippen LogP contribution is 2.33. The van der Waals surface area contributed by atoms with Crippen LogP contribution in [-0.4, -0.2) is 33.3 Å². The Labute approximate surface area is 192 Å². The molecule has 6 heteroatoms. The normalized spacial score (nSPS) is 15.7. The number of imidazole rings is 1. The number of fused-ring (bicyclic) bond motifs is 1. The second-order valence-corrected chi connectivity index (χ2v) is 8.38. The lowest BCUT2D eigenvalue weighted by molar-refractivity contribution is 0.0909. The Hall–Kier alpha value is -3.93. The smallest absolute Gasteiger partial charge is 0.410 e. The maximum absolute atomic E-state index is 12.8. The summed E-state index contributed by atoms with van der Waals surface area (Å²) in [6.07, 6.45) is 1.45. The third-order valence-corrected chi connectivity index (χ3v) is 6.13. The van der Waals surface area contributed by atoms with Gasteiger partial charge in [0.1, 0.15) is 12.4 Å². The Morgan fingerprint density at radius 1 is 1.03 bits per heavy atom. The van der Waals surface area contributed by atoms with E-state index in [-0.39, 0.29) is 24.5 Å². The van der Waals surface area contributed by atoms with E-state index in [0.29, 0.717) is 12.1 Å². The van der Waals surface area contributed by atoms with E-state index in [9.17, 15) is 9.59 Å². The minimum atomic E-state index is -0.312. The van der Waals surface area contributed by atoms with Crippen molar-refractivity contribution in [1.29, 1.82) is 0 Å². The van der Waals surface area contributed by atoms with Crippen LogP contribution in [0.3, 0.4) is 0 Å². The van der Waals surface area contributed by atoms with Crippen LogP contribution < -0.4 is 0 Å². The van der Waals surface area contributed by atoms with Gasteiger partial charge in [-0.2, -0.15) is 0 Å². The fraction of sp³-hybridized carbons (Fsp3) is 0.222. The van der Waals surface area contributed by atoms with Gasteiger partial charge in [0.2, 0.25) is 0 Å². The molecule has 0 aliphatic carbocycles. The first-order valence-electron chi connectivity index (χ1n) is 11.2. The standard InChI is InChI=1S/C27H25N3O3/c1-18(31)20-9-11-21(12-10-20)22-13-14-23-24(16-22)29-26(28-23)25-8-5-15-30(25)27(32)33-17-19-6-3-2-4-7-19/h2-4,6-7,9-14,16,25H,5,8,15,17H2,1H3,(H,28,29)/t25-/m1/s1. The van der Waals surface area contributed by atoms with Crippen molar-refractivity contribution in [3.63, 3.8) is 0 Å². The van der Waals surface area contributed by atoms with E-state index in [2.05, 4.69) is 11.1 Å². The molecule has 1 fully saturated rings. The van der Waals surface area contributed by atoms with Gasteiger partial charge < -0.3 is 9.72 Å². The predicted molar refractivity (Wildman–Crippen MR) is 127 cm³/mol. The Morgan fingerprint density at radius 3 is 2.55 bits per heavy atom. The zero-order valence-corrected chi connectivity index (χ0v) is 18.5. The molecule has 6 nitrogen and oxygen atoms in total. The first kappa shape index (κ1) is 20.9. The molecule has 1 saturated heterocycles. The quantitative estimate of drug-likeness (QED) is 0.393. The van der Waals surface area contributed by atoms with Crippen LogP contribution in [0.4, 0.5) is 4.79 Å². The number of hydrogen-bond acceptors (Lipinski definition) is 4. The number of ether oxygens (including phenoxy) is 1. The molecule has 1 aromatic heterocycles. The van der Waals surface area contributed by atoms with Gasteiger partial charge in [-0.1, -0.05) is 60.7 Å². The third kappa shape index (κ3) is 4.37. The molecule has 33 heavy (non-hydrogen) atoms. The lowest BCUT2D eigenvalue weighted by atomic mass is 10.0. The van der Waals surface area contributed by atoms with Gasteiger partial charge in [0.15, 0.2) is 5.78 Å². The van der Waals surface area contributed by atoms with Crippen molar-refractivity contribution >= 4 is 22.9 Å². The van der Waals surface area contributed by atoms with Crippen molar-refractivity contribution in [2.75, 3.05) is 6.54 Å². The molecule has 1 amide bonds. The number of nitrogens with one attached hydrogen (secondary N) is 1. The number of Topliss-reactive ketones (excluding diaryl/α,β-unsaturated/α-hetero) is 1. The third-order valence-electron chi connectivity index (χ3n) is 6.13. The molecule has 0 bridgehead atoms. The van der Waals surface area contributed by atoms with Crippen molar-refractivity contribution in [3.05, 3.63) is 89.7 Å². The molecule has 3 aromatic carbocycles. The van der Waals surface area contributed by atoms with E-state index in [1.807, 2.05) is 66.7 Å². The summed E-state index contributed by atoms with van der Waals surface area (Å²) in [6, 6.07) is 23.2. The molecular formula is C27H25N3O3. The predicted octanol–water partition coefficient (Wildman–Crippen LogP) is 5.91. The van der Waals surface area contributed by atoms with Crippen LogP contribution in [0.25, 0.3) is 22.2 Å². The van der Waals surface area contributed by atoms with Crippen molar-refractivity contribution in [1.82, 2.24) is 14.9 Å². The minimum Gasteiger partial charge on any atom is -0.445 e. The number of amides is 1. The van der Waals surface area contributed by atoms with Gasteiger partial charge in [0.25, 0.3) is 0 Å². The number of carbonyl (C=O) groups is 2. The summed E-state index contributed by atoms with van der Waals surface area (Å²) in [6.45, 7) is 2.48. The molecule has 0 spiro atoms. The fourth-order valence-corrected chi connectivity index (χ4v) is 4.34. The molecular weight excluding hydrogens is 414 g/mol. The molecule has 166 valence electrons. The van der Waals surface area contributed by atoms with Crippen LogP contribution in [0.5, 0.6) is 0 Å². The number of H-pyrrole nitrogens is 1. The highest BCUT2D eigenvalue weighted by atomic mass is 16.6. The fourth-order valence-electron chi connectivity index (χ4n) is 4.34. The van der Waals surface area contributed by atoms with Crippen molar-refractivity contribution in [2.45, 2.75) is 32.4 Å². The van der Waals surface area contributed by atoms with Crippen molar-refractivity contribution in [3.8, 4) is 11.1 Å². The van der Waals surface area contributed by atoms with Gasteiger partial charge >= 0.3 is 6.09 Å². The number of aromatic amines is 1. The summed E-state index contributed by atoms with van der Waals surface area (Å²) in [4.78, 5) is 34.3. The molecule has 5 rings (SSSR count). The van der Waals surface area contributed by atoms with E-state index >= 15 is 0 Å². The van der Waals surface area contributed by atoms with Crippen LogP contribution in [0, 0.1) is 0 Å². The Balaban J connectivity index is 1.34. The number of benzene rings is 3. The number of carbonyl (C=O) groups excluding carboxylic acids is 2. The Kier molecular flexibility index (Phi) is 5.65. The molecule has 4 aromatic rings. The van der Waals surface area contributed by atoms with Gasteiger partial charge in [-0.25, -0.2) is 9.78 Å². The number of likely N-dealkylation sites (tertiary alicyclic amines) is 1. The summed E-state index contributed by atoms with van der Waals surface area (Å²) >= 11 is 0. The van der Waals surface area contributed by atoms with E-state index in [1.165, 1.54) is 0 Å². The zero-order chi connectivity index (χ0) is 22.8. The Bertz CT molecular complexity index is 1300. The summed E-state index contributed by atoms with van der Waals surface area (Å²) in [5.74, 6) is 0.835. The monoisotopic (exact) mass is 439 g/mol. The van der Waals surface area contributed by atoms with E-state index in [1.54, 1.807) is 11.8 Å². The molecule has 1 N–H and O–H groups in total. The largest absolute Gasteiger partial charge is 0.445 e. The number of rotatable bonds is 5. The van der Waals surface area contributed by atoms with E-state index < -0.39 is 0 Å². The molecule has 2 heterocycles. The number of aromatic nitrogens is 2. The molecule has 0 radical (unpaired) electrons. The zero-order valence-electron chi connectivity index (χ0n) is 18.5. The maximum atomic E-state index is 12.8. The topological polar surface area (TPSA) is 75.3 Å². The lowest BCUT2D eigenvalue weighted by Gasteiger charge is -2.22. The van der Waals surface area contributed by atoms with Crippen LogP contribution in [0.15, 0.2) is 72.8 Å². The van der Waals surface area contributed by atoms with Crippen LogP contribution >= 0.6 is 0 Å². The minimum absolute atomic E-state index is 0.0543. The number of nitrogens with zero attached hydrogens (tertiary/aromatic N) is 2. The summed E-state index contributed by atoms with van der Waals surface area (Å²) in [5, 5.41) is 0. The lowest BCUT2D eigenvalue weighted by Crippen LogP contribution is -2.31. The Morgan fingerprint density at radius 2 is 1.79 bits per heavy atom. The van der Waals surface area contributed by atoms with Crippen molar-refractivity contribution in [2.24, 2.45) is 0 Å². The number of hydrogen-bond donors (Lipinski definition) is 1. The second kappa shape index (κ2) is 8.90. The summed E-state index contributed by atoms with van der Waals surface area (Å²) in [5.41, 5.74) is 5.52. The van der Waals surface area contributed by atoms with Gasteiger partial charge in [0, 0.05) is 12.1 Å². The molecule has 1 aliphatic rings. The van der Waals surface area contributed by atoms with E-state index in [4.69, 9.17) is 9.72 Å². The van der Waals surface area contributed by atoms with E-state index in [0.717, 1.165) is 46.4 Å². The van der Waals surface area contributed by atoms with Crippen molar-refractivity contribution < 1.29 is 14.3 Å². The van der Waals surface area contributed by atoms with Gasteiger partial charge in [-0.05, 0) is 48.6 Å². The van der Waals surface area contributed by atoms with Crippen LogP contribution in [-0.2, 0) is 11.3 Å². The first-order valence-corrected chi connectivity index (χ1v) is 11.2. The highest BCUT2D eigenvalue weighted by molar-refractivity contribution is 5.94. The van der Waals surface area contributed by atoms with Crippen LogP contribution in [0.2, 0.25) is 0 Å². The summed E-state index contributed by atoms with van der Waals surface area (Å²) < 4.78 is 5.56. The highest BCUT2D eigenvalue weighted by Gasteiger charge is 2.33. The van der Waals surface area contributed by atoms with Crippen LogP contribution in [0.1, 0.15) is 47.6 Å². The molecule has 0 saturated carbocycles. The summed E-state index contributed by atoms with van der Waals surface area (Å²) in [7, 11) is 0.